The second-order valence-electron chi connectivity index (χ2n) is 5.85. The molecule has 94 valence electrons. The monoisotopic (exact) mass is 224 g/mol. The van der Waals surface area contributed by atoms with Crippen LogP contribution in [0.3, 0.4) is 0 Å². The SMILES string of the molecule is CNC(C)CCCCN(CC1CC1)C1CC1. The highest BCUT2D eigenvalue weighted by Crippen LogP contribution is 2.34. The van der Waals surface area contributed by atoms with Gasteiger partial charge in [0.05, 0.1) is 0 Å². The molecule has 0 amide bonds. The van der Waals surface area contributed by atoms with Gasteiger partial charge in [0.15, 0.2) is 0 Å². The van der Waals surface area contributed by atoms with Crippen molar-refractivity contribution in [3.63, 3.8) is 0 Å². The number of hydrogen-bond donors (Lipinski definition) is 1. The van der Waals surface area contributed by atoms with Crippen molar-refractivity contribution in [3.8, 4) is 0 Å². The van der Waals surface area contributed by atoms with Gasteiger partial charge in [-0.1, -0.05) is 6.42 Å². The van der Waals surface area contributed by atoms with Crippen molar-refractivity contribution in [2.75, 3.05) is 20.1 Å². The van der Waals surface area contributed by atoms with Gasteiger partial charge in [0.2, 0.25) is 0 Å². The molecule has 1 N–H and O–H groups in total. The summed E-state index contributed by atoms with van der Waals surface area (Å²) < 4.78 is 0. The zero-order chi connectivity index (χ0) is 11.4. The molecule has 1 unspecified atom stereocenters. The van der Waals surface area contributed by atoms with Crippen molar-refractivity contribution < 1.29 is 0 Å². The molecule has 2 rings (SSSR count). The van der Waals surface area contributed by atoms with Crippen LogP contribution in [0.25, 0.3) is 0 Å². The van der Waals surface area contributed by atoms with E-state index in [0.29, 0.717) is 6.04 Å². The van der Waals surface area contributed by atoms with Gasteiger partial charge in [-0.15, -0.1) is 0 Å². The molecule has 1 atom stereocenters. The standard InChI is InChI=1S/C14H28N2/c1-12(15-2)5-3-4-10-16(14-8-9-14)11-13-6-7-13/h12-15H,3-11H2,1-2H3. The molecule has 2 aliphatic rings. The van der Waals surface area contributed by atoms with Crippen LogP contribution in [-0.4, -0.2) is 37.1 Å². The minimum atomic E-state index is 0.692. The van der Waals surface area contributed by atoms with Crippen molar-refractivity contribution in [1.82, 2.24) is 10.2 Å². The second kappa shape index (κ2) is 6.02. The fourth-order valence-electron chi connectivity index (χ4n) is 2.40. The van der Waals surface area contributed by atoms with E-state index in [2.05, 4.69) is 24.2 Å². The summed E-state index contributed by atoms with van der Waals surface area (Å²) in [7, 11) is 2.06. The van der Waals surface area contributed by atoms with Gasteiger partial charge in [0.1, 0.15) is 0 Å². The van der Waals surface area contributed by atoms with Crippen LogP contribution in [0.1, 0.15) is 51.9 Å². The Balaban J connectivity index is 1.54. The Labute approximate surface area is 101 Å². The maximum Gasteiger partial charge on any atom is 0.00965 e. The molecule has 2 fully saturated rings. The van der Waals surface area contributed by atoms with E-state index in [0.717, 1.165) is 12.0 Å². The van der Waals surface area contributed by atoms with Crippen LogP contribution in [0.2, 0.25) is 0 Å². The number of nitrogens with one attached hydrogen (secondary N) is 1. The molecule has 0 heterocycles. The highest BCUT2D eigenvalue weighted by molar-refractivity contribution is 4.88. The van der Waals surface area contributed by atoms with Crippen LogP contribution >= 0.6 is 0 Å². The number of hydrogen-bond acceptors (Lipinski definition) is 2. The molecular weight excluding hydrogens is 196 g/mol. The Morgan fingerprint density at radius 2 is 1.94 bits per heavy atom. The first-order valence-electron chi connectivity index (χ1n) is 7.21. The normalized spacial score (nSPS) is 22.7. The van der Waals surface area contributed by atoms with E-state index in [1.165, 1.54) is 58.0 Å². The van der Waals surface area contributed by atoms with Crippen molar-refractivity contribution in [2.45, 2.75) is 64.0 Å². The Morgan fingerprint density at radius 1 is 1.19 bits per heavy atom. The topological polar surface area (TPSA) is 15.3 Å². The van der Waals surface area contributed by atoms with Crippen molar-refractivity contribution in [1.29, 1.82) is 0 Å². The maximum absolute atomic E-state index is 3.32. The molecule has 0 aromatic heterocycles. The average Bonchev–Trinajstić information content (AvgIpc) is 3.14. The third-order valence-corrected chi connectivity index (χ3v) is 4.08. The molecule has 0 aromatic rings. The minimum absolute atomic E-state index is 0.692. The molecule has 2 saturated carbocycles. The van der Waals surface area contributed by atoms with Gasteiger partial charge in [-0.2, -0.15) is 0 Å². The third kappa shape index (κ3) is 4.42. The molecule has 0 bridgehead atoms. The first-order chi connectivity index (χ1) is 7.79. The molecule has 0 radical (unpaired) electrons. The Morgan fingerprint density at radius 3 is 2.50 bits per heavy atom. The Hall–Kier alpha value is -0.0800. The van der Waals surface area contributed by atoms with E-state index in [1.807, 2.05) is 0 Å². The van der Waals surface area contributed by atoms with Gasteiger partial charge in [-0.3, -0.25) is 0 Å². The molecule has 2 nitrogen and oxygen atoms in total. The largest absolute Gasteiger partial charge is 0.317 e. The van der Waals surface area contributed by atoms with Crippen LogP contribution in [0.4, 0.5) is 0 Å². The van der Waals surface area contributed by atoms with Gasteiger partial charge in [0, 0.05) is 18.6 Å². The maximum atomic E-state index is 3.32. The number of nitrogens with zero attached hydrogens (tertiary/aromatic N) is 1. The van der Waals surface area contributed by atoms with Crippen molar-refractivity contribution in [2.24, 2.45) is 5.92 Å². The van der Waals surface area contributed by atoms with E-state index in [4.69, 9.17) is 0 Å². The third-order valence-electron chi connectivity index (χ3n) is 4.08. The lowest BCUT2D eigenvalue weighted by Crippen LogP contribution is -2.29. The molecular formula is C14H28N2. The summed E-state index contributed by atoms with van der Waals surface area (Å²) in [6, 6.07) is 1.67. The summed E-state index contributed by atoms with van der Waals surface area (Å²) in [5.74, 6) is 1.07. The lowest BCUT2D eigenvalue weighted by Gasteiger charge is -2.22. The average molecular weight is 224 g/mol. The summed E-state index contributed by atoms with van der Waals surface area (Å²) in [4.78, 5) is 2.78. The van der Waals surface area contributed by atoms with Gasteiger partial charge >= 0.3 is 0 Å². The smallest absolute Gasteiger partial charge is 0.00965 e. The first kappa shape index (κ1) is 12.4. The summed E-state index contributed by atoms with van der Waals surface area (Å²) in [6.07, 6.45) is 10.1. The van der Waals surface area contributed by atoms with Crippen LogP contribution < -0.4 is 5.32 Å². The van der Waals surface area contributed by atoms with Gasteiger partial charge in [0.25, 0.3) is 0 Å². The highest BCUT2D eigenvalue weighted by atomic mass is 15.2. The Bertz CT molecular complexity index is 197. The molecule has 2 aliphatic carbocycles. The fourth-order valence-corrected chi connectivity index (χ4v) is 2.40. The Kier molecular flexibility index (Phi) is 4.66. The molecule has 0 aliphatic heterocycles. The molecule has 0 spiro atoms. The van der Waals surface area contributed by atoms with E-state index < -0.39 is 0 Å². The lowest BCUT2D eigenvalue weighted by atomic mass is 10.1. The molecule has 2 heteroatoms. The second-order valence-corrected chi connectivity index (χ2v) is 5.85. The molecule has 0 aromatic carbocycles. The van der Waals surface area contributed by atoms with Crippen molar-refractivity contribution >= 4 is 0 Å². The molecule has 16 heavy (non-hydrogen) atoms. The number of rotatable bonds is 9. The molecule has 0 saturated heterocycles. The van der Waals surface area contributed by atoms with Gasteiger partial charge < -0.3 is 10.2 Å². The summed E-state index contributed by atoms with van der Waals surface area (Å²) in [6.45, 7) is 5.05. The van der Waals surface area contributed by atoms with Crippen LogP contribution in [0.5, 0.6) is 0 Å². The zero-order valence-corrected chi connectivity index (χ0v) is 11.0. The van der Waals surface area contributed by atoms with E-state index in [9.17, 15) is 0 Å². The van der Waals surface area contributed by atoms with Crippen molar-refractivity contribution in [3.05, 3.63) is 0 Å². The number of unbranched alkanes of at least 4 members (excludes halogenated alkanes) is 1. The summed E-state index contributed by atoms with van der Waals surface area (Å²) in [5, 5.41) is 3.32. The van der Waals surface area contributed by atoms with E-state index in [-0.39, 0.29) is 0 Å². The predicted octanol–water partition coefficient (Wildman–Crippen LogP) is 2.64. The van der Waals surface area contributed by atoms with Gasteiger partial charge in [-0.05, 0) is 65.0 Å². The van der Waals surface area contributed by atoms with Crippen LogP contribution in [0, 0.1) is 5.92 Å². The van der Waals surface area contributed by atoms with E-state index in [1.54, 1.807) is 0 Å². The fraction of sp³-hybridized carbons (Fsp3) is 1.00. The summed E-state index contributed by atoms with van der Waals surface area (Å²) in [5.41, 5.74) is 0. The predicted molar refractivity (Wildman–Crippen MR) is 69.7 cm³/mol. The van der Waals surface area contributed by atoms with Crippen LogP contribution in [0.15, 0.2) is 0 Å². The van der Waals surface area contributed by atoms with E-state index >= 15 is 0 Å². The first-order valence-corrected chi connectivity index (χ1v) is 7.21. The highest BCUT2D eigenvalue weighted by Gasteiger charge is 2.32. The lowest BCUT2D eigenvalue weighted by molar-refractivity contribution is 0.245. The summed E-state index contributed by atoms with van der Waals surface area (Å²) >= 11 is 0. The zero-order valence-electron chi connectivity index (χ0n) is 11.0. The van der Waals surface area contributed by atoms with Crippen LogP contribution in [-0.2, 0) is 0 Å². The quantitative estimate of drug-likeness (QED) is 0.606. The minimum Gasteiger partial charge on any atom is -0.317 e. The van der Waals surface area contributed by atoms with Gasteiger partial charge in [-0.25, -0.2) is 0 Å².